The summed E-state index contributed by atoms with van der Waals surface area (Å²) in [6.45, 7) is 1.23. The Hall–Kier alpha value is -1.65. The lowest BCUT2D eigenvalue weighted by molar-refractivity contribution is 0.0681. The maximum Gasteiger partial charge on any atom is 0.356 e. The minimum absolute atomic E-state index is 0.196. The number of anilines is 1. The van der Waals surface area contributed by atoms with Crippen molar-refractivity contribution >= 4 is 11.7 Å². The van der Waals surface area contributed by atoms with Crippen LogP contribution in [-0.4, -0.2) is 28.8 Å². The zero-order chi connectivity index (χ0) is 9.42. The fraction of sp³-hybridized carbons (Fsp3) is 0.375. The topological polar surface area (TPSA) is 63.5 Å². The molecule has 2 heterocycles. The Morgan fingerprint density at radius 3 is 3.23 bits per heavy atom. The van der Waals surface area contributed by atoms with Crippen LogP contribution in [0.15, 0.2) is 6.20 Å². The van der Waals surface area contributed by atoms with Gasteiger partial charge in [0, 0.05) is 19.8 Å². The molecule has 0 aliphatic carbocycles. The first-order chi connectivity index (χ1) is 6.20. The average Bonchev–Trinajstić information content (AvgIpc) is 2.39. The Morgan fingerprint density at radius 1 is 1.77 bits per heavy atom. The number of hydrogen-bond donors (Lipinski definition) is 2. The van der Waals surface area contributed by atoms with E-state index in [1.54, 1.807) is 17.8 Å². The van der Waals surface area contributed by atoms with Gasteiger partial charge in [-0.3, -0.25) is 0 Å². The summed E-state index contributed by atoms with van der Waals surface area (Å²) in [5.41, 5.74) is 0.952. The van der Waals surface area contributed by atoms with Gasteiger partial charge in [0.05, 0.1) is 5.69 Å². The molecule has 5 nitrogen and oxygen atoms in total. The molecule has 0 radical (unpaired) electrons. The summed E-state index contributed by atoms with van der Waals surface area (Å²) < 4.78 is 6.82. The number of carboxylic acid groups (broad SMARTS) is 1. The molecule has 0 saturated carbocycles. The van der Waals surface area contributed by atoms with Crippen LogP contribution in [0.25, 0.3) is 0 Å². The molecule has 2 rings (SSSR count). The van der Waals surface area contributed by atoms with Crippen molar-refractivity contribution in [3.05, 3.63) is 11.9 Å². The van der Waals surface area contributed by atoms with Gasteiger partial charge in [-0.15, -0.1) is 0 Å². The first-order valence-electron chi connectivity index (χ1n) is 3.99. The van der Waals surface area contributed by atoms with E-state index < -0.39 is 5.97 Å². The second-order valence-electron chi connectivity index (χ2n) is 2.91. The Bertz CT molecular complexity index is 357. The van der Waals surface area contributed by atoms with Crippen LogP contribution >= 0.6 is 0 Å². The standard InChI is InChI=1S/C8H10N2O3/c1-10-4-5-7(6(10)8(11)12)13-3-2-9-5/h4,9H,2-3H2,1H3,(H,11,12). The number of nitrogens with zero attached hydrogens (tertiary/aromatic N) is 1. The summed E-state index contributed by atoms with van der Waals surface area (Å²) in [7, 11) is 1.69. The predicted molar refractivity (Wildman–Crippen MR) is 46.4 cm³/mol. The number of aromatic carboxylic acids is 1. The Balaban J connectivity index is 2.54. The van der Waals surface area contributed by atoms with Gasteiger partial charge in [-0.1, -0.05) is 0 Å². The molecule has 0 aromatic carbocycles. The minimum atomic E-state index is -0.965. The summed E-state index contributed by atoms with van der Waals surface area (Å²) in [5.74, 6) is -0.520. The molecular formula is C8H10N2O3. The lowest BCUT2D eigenvalue weighted by atomic mass is 10.3. The monoisotopic (exact) mass is 182 g/mol. The molecule has 1 aromatic rings. The molecule has 0 bridgehead atoms. The number of ether oxygens (including phenoxy) is 1. The maximum atomic E-state index is 10.8. The number of rotatable bonds is 1. The lowest BCUT2D eigenvalue weighted by Gasteiger charge is -2.15. The Kier molecular flexibility index (Phi) is 1.65. The highest BCUT2D eigenvalue weighted by Gasteiger charge is 2.23. The molecule has 1 aromatic heterocycles. The predicted octanol–water partition coefficient (Wildman–Crippen LogP) is 0.528. The first kappa shape index (κ1) is 7.97. The van der Waals surface area contributed by atoms with Crippen molar-refractivity contribution in [3.63, 3.8) is 0 Å². The zero-order valence-electron chi connectivity index (χ0n) is 7.20. The van der Waals surface area contributed by atoms with Crippen LogP contribution in [0.4, 0.5) is 5.69 Å². The normalized spacial score (nSPS) is 14.2. The van der Waals surface area contributed by atoms with Gasteiger partial charge >= 0.3 is 5.97 Å². The van der Waals surface area contributed by atoms with Gasteiger partial charge in [0.2, 0.25) is 0 Å². The highest BCUT2D eigenvalue weighted by Crippen LogP contribution is 2.32. The molecule has 0 atom stereocenters. The van der Waals surface area contributed by atoms with Crippen LogP contribution in [0.5, 0.6) is 5.75 Å². The van der Waals surface area contributed by atoms with Crippen molar-refractivity contribution in [2.75, 3.05) is 18.5 Å². The van der Waals surface area contributed by atoms with E-state index in [0.29, 0.717) is 12.4 Å². The van der Waals surface area contributed by atoms with E-state index in [1.165, 1.54) is 0 Å². The fourth-order valence-corrected chi connectivity index (χ4v) is 1.46. The smallest absolute Gasteiger partial charge is 0.356 e. The van der Waals surface area contributed by atoms with Crippen LogP contribution in [0.2, 0.25) is 0 Å². The number of fused-ring (bicyclic) bond motifs is 1. The molecule has 0 saturated heterocycles. The molecule has 5 heteroatoms. The molecular weight excluding hydrogens is 172 g/mol. The molecule has 2 N–H and O–H groups in total. The van der Waals surface area contributed by atoms with E-state index in [1.807, 2.05) is 0 Å². The molecule has 0 spiro atoms. The second-order valence-corrected chi connectivity index (χ2v) is 2.91. The van der Waals surface area contributed by atoms with Crippen molar-refractivity contribution in [1.82, 2.24) is 4.57 Å². The van der Waals surface area contributed by atoms with E-state index in [-0.39, 0.29) is 5.69 Å². The third-order valence-corrected chi connectivity index (χ3v) is 2.00. The molecule has 1 aliphatic rings. The molecule has 70 valence electrons. The number of hydrogen-bond acceptors (Lipinski definition) is 3. The third-order valence-electron chi connectivity index (χ3n) is 2.00. The molecule has 0 fully saturated rings. The van der Waals surface area contributed by atoms with E-state index in [9.17, 15) is 4.79 Å². The molecule has 0 amide bonds. The van der Waals surface area contributed by atoms with Gasteiger partial charge in [0.1, 0.15) is 6.61 Å². The number of carboxylic acids is 1. The maximum absolute atomic E-state index is 10.8. The van der Waals surface area contributed by atoms with E-state index in [2.05, 4.69) is 5.32 Å². The van der Waals surface area contributed by atoms with Crippen molar-refractivity contribution in [2.24, 2.45) is 7.05 Å². The highest BCUT2D eigenvalue weighted by molar-refractivity contribution is 5.92. The molecule has 13 heavy (non-hydrogen) atoms. The third kappa shape index (κ3) is 1.12. The van der Waals surface area contributed by atoms with Crippen molar-refractivity contribution in [1.29, 1.82) is 0 Å². The summed E-state index contributed by atoms with van der Waals surface area (Å²) in [6, 6.07) is 0. The quantitative estimate of drug-likeness (QED) is 0.664. The van der Waals surface area contributed by atoms with Crippen LogP contribution in [0.3, 0.4) is 0 Å². The van der Waals surface area contributed by atoms with Gasteiger partial charge in [0.15, 0.2) is 11.4 Å². The summed E-state index contributed by atoms with van der Waals surface area (Å²) in [5, 5.41) is 12.0. The number of carbonyl (C=O) groups is 1. The number of aromatic nitrogens is 1. The molecule has 1 aliphatic heterocycles. The van der Waals surface area contributed by atoms with Crippen LogP contribution in [-0.2, 0) is 7.05 Å². The van der Waals surface area contributed by atoms with Crippen molar-refractivity contribution in [2.45, 2.75) is 0 Å². The van der Waals surface area contributed by atoms with Crippen LogP contribution in [0, 0.1) is 0 Å². The number of nitrogens with one attached hydrogen (secondary N) is 1. The van der Waals surface area contributed by atoms with Crippen LogP contribution < -0.4 is 10.1 Å². The van der Waals surface area contributed by atoms with Crippen LogP contribution in [0.1, 0.15) is 10.5 Å². The largest absolute Gasteiger partial charge is 0.487 e. The van der Waals surface area contributed by atoms with E-state index in [4.69, 9.17) is 9.84 Å². The summed E-state index contributed by atoms with van der Waals surface area (Å²) >= 11 is 0. The SMILES string of the molecule is Cn1cc2c(c1C(=O)O)OCCN2. The first-order valence-corrected chi connectivity index (χ1v) is 3.99. The second kappa shape index (κ2) is 2.69. The minimum Gasteiger partial charge on any atom is -0.487 e. The highest BCUT2D eigenvalue weighted by atomic mass is 16.5. The van der Waals surface area contributed by atoms with Gasteiger partial charge in [-0.05, 0) is 0 Å². The summed E-state index contributed by atoms with van der Waals surface area (Å²) in [4.78, 5) is 10.8. The van der Waals surface area contributed by atoms with Crippen molar-refractivity contribution < 1.29 is 14.6 Å². The summed E-state index contributed by atoms with van der Waals surface area (Å²) in [6.07, 6.45) is 1.72. The average molecular weight is 182 g/mol. The van der Waals surface area contributed by atoms with Gasteiger partial charge in [-0.2, -0.15) is 0 Å². The van der Waals surface area contributed by atoms with Gasteiger partial charge in [-0.25, -0.2) is 4.79 Å². The van der Waals surface area contributed by atoms with E-state index in [0.717, 1.165) is 12.2 Å². The lowest BCUT2D eigenvalue weighted by Crippen LogP contribution is -2.18. The van der Waals surface area contributed by atoms with E-state index >= 15 is 0 Å². The van der Waals surface area contributed by atoms with Gasteiger partial charge in [0.25, 0.3) is 0 Å². The van der Waals surface area contributed by atoms with Crippen molar-refractivity contribution in [3.8, 4) is 5.75 Å². The number of aryl methyl sites for hydroxylation is 1. The Morgan fingerprint density at radius 2 is 2.54 bits per heavy atom. The van der Waals surface area contributed by atoms with Gasteiger partial charge < -0.3 is 19.7 Å². The zero-order valence-corrected chi connectivity index (χ0v) is 7.20. The molecule has 0 unspecified atom stereocenters. The fourth-order valence-electron chi connectivity index (χ4n) is 1.46. The Labute approximate surface area is 74.9 Å².